The molecule has 1 amide bonds. The molecule has 0 atom stereocenters. The molecule has 1 heterocycles. The molecule has 1 aromatic rings. The number of thiocarbonyl (C=S) groups is 1. The summed E-state index contributed by atoms with van der Waals surface area (Å²) in [5.41, 5.74) is 4.83. The predicted molar refractivity (Wildman–Crippen MR) is 65.5 cm³/mol. The third-order valence-corrected chi connectivity index (χ3v) is 2.15. The Kier molecular flexibility index (Phi) is 6.05. The van der Waals surface area contributed by atoms with Gasteiger partial charge in [-0.3, -0.25) is 15.6 Å². The second-order valence-electron chi connectivity index (χ2n) is 3.07. The molecule has 1 aromatic heterocycles. The molecule has 0 spiro atoms. The number of hydrogen-bond acceptors (Lipinski definition) is 6. The van der Waals surface area contributed by atoms with Gasteiger partial charge in [0.15, 0.2) is 11.4 Å². The van der Waals surface area contributed by atoms with Crippen molar-refractivity contribution in [2.45, 2.75) is 6.29 Å². The molecular weight excluding hydrogens is 260 g/mol. The van der Waals surface area contributed by atoms with E-state index >= 15 is 0 Å². The van der Waals surface area contributed by atoms with E-state index in [-0.39, 0.29) is 10.9 Å². The lowest BCUT2D eigenvalue weighted by molar-refractivity contribution is -0.0965. The van der Waals surface area contributed by atoms with E-state index < -0.39 is 12.2 Å². The van der Waals surface area contributed by atoms with Gasteiger partial charge in [-0.05, 0) is 12.2 Å². The topological polar surface area (TPSA) is 97.7 Å². The van der Waals surface area contributed by atoms with Crippen LogP contribution < -0.4 is 16.2 Å². The predicted octanol–water partition coefficient (Wildman–Crippen LogP) is -0.598. The zero-order valence-corrected chi connectivity index (χ0v) is 10.7. The summed E-state index contributed by atoms with van der Waals surface area (Å²) in [6.45, 7) is 0.344. The van der Waals surface area contributed by atoms with Crippen LogP contribution in [-0.4, -0.2) is 43.2 Å². The molecule has 9 heteroatoms. The molecule has 100 valence electrons. The summed E-state index contributed by atoms with van der Waals surface area (Å²) in [4.78, 5) is 11.4. The smallest absolute Gasteiger partial charge is 0.308 e. The van der Waals surface area contributed by atoms with Crippen molar-refractivity contribution in [3.05, 3.63) is 18.0 Å². The van der Waals surface area contributed by atoms with Crippen molar-refractivity contribution in [3.8, 4) is 0 Å². The highest BCUT2D eigenvalue weighted by Gasteiger charge is 2.10. The monoisotopic (exact) mass is 274 g/mol. The number of hydrazine groups is 1. The van der Waals surface area contributed by atoms with Crippen molar-refractivity contribution in [1.29, 1.82) is 0 Å². The summed E-state index contributed by atoms with van der Waals surface area (Å²) in [6.07, 6.45) is 0.947. The van der Waals surface area contributed by atoms with Crippen LogP contribution >= 0.6 is 12.2 Å². The lowest BCUT2D eigenvalue weighted by Gasteiger charge is -2.16. The normalized spacial score (nSPS) is 10.2. The van der Waals surface area contributed by atoms with Crippen molar-refractivity contribution in [1.82, 2.24) is 21.3 Å². The Morgan fingerprint density at radius 1 is 1.50 bits per heavy atom. The zero-order chi connectivity index (χ0) is 13.4. The van der Waals surface area contributed by atoms with Crippen LogP contribution in [0.2, 0.25) is 0 Å². The van der Waals surface area contributed by atoms with E-state index in [1.807, 2.05) is 0 Å². The molecule has 0 aliphatic carbocycles. The van der Waals surface area contributed by atoms with Crippen LogP contribution in [0, 0.1) is 0 Å². The minimum absolute atomic E-state index is 0.0805. The maximum atomic E-state index is 11.4. The van der Waals surface area contributed by atoms with Gasteiger partial charge >= 0.3 is 5.91 Å². The molecule has 0 saturated heterocycles. The molecule has 0 aliphatic rings. The van der Waals surface area contributed by atoms with Crippen molar-refractivity contribution < 1.29 is 18.8 Å². The molecule has 0 unspecified atom stereocenters. The van der Waals surface area contributed by atoms with Gasteiger partial charge in [0.25, 0.3) is 0 Å². The van der Waals surface area contributed by atoms with Crippen LogP contribution in [-0.2, 0) is 9.47 Å². The number of carbonyl (C=O) groups excluding carboxylic acids is 1. The Labute approximate surface area is 109 Å². The molecule has 18 heavy (non-hydrogen) atoms. The zero-order valence-electron chi connectivity index (χ0n) is 9.93. The molecule has 3 N–H and O–H groups in total. The summed E-state index contributed by atoms with van der Waals surface area (Å²) < 4.78 is 14.6. The summed E-state index contributed by atoms with van der Waals surface area (Å²) in [7, 11) is 3.02. The average molecular weight is 274 g/mol. The van der Waals surface area contributed by atoms with E-state index in [4.69, 9.17) is 21.7 Å². The second kappa shape index (κ2) is 7.58. The SMILES string of the molecule is COC(CNC(=S)NNC(=O)c1ccno1)OC. The first-order valence-electron chi connectivity index (χ1n) is 4.97. The molecule has 1 rings (SSSR count). The Morgan fingerprint density at radius 2 is 2.22 bits per heavy atom. The third-order valence-electron chi connectivity index (χ3n) is 1.91. The first-order valence-corrected chi connectivity index (χ1v) is 5.38. The fourth-order valence-electron chi connectivity index (χ4n) is 0.991. The van der Waals surface area contributed by atoms with Crippen LogP contribution in [0.3, 0.4) is 0 Å². The third kappa shape index (κ3) is 4.65. The van der Waals surface area contributed by atoms with Gasteiger partial charge in [-0.2, -0.15) is 0 Å². The number of aromatic nitrogens is 1. The van der Waals surface area contributed by atoms with Crippen LogP contribution in [0.25, 0.3) is 0 Å². The minimum Gasteiger partial charge on any atom is -0.356 e. The Hall–Kier alpha value is -1.71. The van der Waals surface area contributed by atoms with Crippen molar-refractivity contribution in [2.75, 3.05) is 20.8 Å². The lowest BCUT2D eigenvalue weighted by Crippen LogP contribution is -2.48. The quantitative estimate of drug-likeness (QED) is 0.372. The van der Waals surface area contributed by atoms with Gasteiger partial charge < -0.3 is 19.3 Å². The average Bonchev–Trinajstić information content (AvgIpc) is 2.91. The van der Waals surface area contributed by atoms with Gasteiger partial charge in [0.05, 0.1) is 12.7 Å². The van der Waals surface area contributed by atoms with Crippen molar-refractivity contribution in [2.24, 2.45) is 0 Å². The van der Waals surface area contributed by atoms with E-state index in [2.05, 4.69) is 25.8 Å². The van der Waals surface area contributed by atoms with Gasteiger partial charge in [0.2, 0.25) is 5.76 Å². The summed E-state index contributed by atoms with van der Waals surface area (Å²) in [6, 6.07) is 1.43. The van der Waals surface area contributed by atoms with E-state index in [0.29, 0.717) is 6.54 Å². The molecule has 0 saturated carbocycles. The van der Waals surface area contributed by atoms with Crippen LogP contribution in [0.4, 0.5) is 0 Å². The van der Waals surface area contributed by atoms with E-state index in [1.54, 1.807) is 0 Å². The van der Waals surface area contributed by atoms with Gasteiger partial charge in [-0.15, -0.1) is 0 Å². The first kappa shape index (κ1) is 14.4. The molecule has 0 fully saturated rings. The molecule has 0 bridgehead atoms. The number of rotatable bonds is 5. The number of methoxy groups -OCH3 is 2. The van der Waals surface area contributed by atoms with E-state index in [1.165, 1.54) is 26.5 Å². The van der Waals surface area contributed by atoms with Crippen molar-refractivity contribution >= 4 is 23.2 Å². The number of nitrogens with one attached hydrogen (secondary N) is 3. The highest BCUT2D eigenvalue weighted by Crippen LogP contribution is 1.94. The molecule has 0 aliphatic heterocycles. The van der Waals surface area contributed by atoms with E-state index in [9.17, 15) is 4.79 Å². The Morgan fingerprint density at radius 3 is 2.78 bits per heavy atom. The first-order chi connectivity index (χ1) is 8.67. The maximum Gasteiger partial charge on any atom is 0.308 e. The number of amides is 1. The Balaban J connectivity index is 2.23. The van der Waals surface area contributed by atoms with Crippen molar-refractivity contribution in [3.63, 3.8) is 0 Å². The lowest BCUT2D eigenvalue weighted by atomic mass is 10.4. The number of nitrogens with zero attached hydrogens (tertiary/aromatic N) is 1. The largest absolute Gasteiger partial charge is 0.356 e. The molecule has 0 aromatic carbocycles. The highest BCUT2D eigenvalue weighted by molar-refractivity contribution is 7.80. The molecule has 8 nitrogen and oxygen atoms in total. The fraction of sp³-hybridized carbons (Fsp3) is 0.444. The fourth-order valence-corrected chi connectivity index (χ4v) is 1.13. The number of hydrogen-bond donors (Lipinski definition) is 3. The summed E-state index contributed by atoms with van der Waals surface area (Å²) >= 11 is 4.92. The summed E-state index contributed by atoms with van der Waals surface area (Å²) in [5, 5.41) is 6.43. The highest BCUT2D eigenvalue weighted by atomic mass is 32.1. The second-order valence-corrected chi connectivity index (χ2v) is 3.48. The van der Waals surface area contributed by atoms with Gasteiger partial charge in [-0.1, -0.05) is 5.16 Å². The van der Waals surface area contributed by atoms with Gasteiger partial charge in [0, 0.05) is 20.3 Å². The van der Waals surface area contributed by atoms with Crippen LogP contribution in [0.5, 0.6) is 0 Å². The molecule has 0 radical (unpaired) electrons. The van der Waals surface area contributed by atoms with Gasteiger partial charge in [-0.25, -0.2) is 0 Å². The Bertz CT molecular complexity index is 380. The molecular formula is C9H14N4O4S. The van der Waals surface area contributed by atoms with Crippen LogP contribution in [0.15, 0.2) is 16.8 Å². The maximum absolute atomic E-state index is 11.4. The van der Waals surface area contributed by atoms with Gasteiger partial charge in [0.1, 0.15) is 0 Å². The van der Waals surface area contributed by atoms with Crippen LogP contribution in [0.1, 0.15) is 10.6 Å². The standard InChI is InChI=1S/C9H14N4O4S/c1-15-7(16-2)5-10-9(18)13-12-8(14)6-3-4-11-17-6/h3-4,7H,5H2,1-2H3,(H,12,14)(H2,10,13,18). The summed E-state index contributed by atoms with van der Waals surface area (Å²) in [5.74, 6) is -0.399. The minimum atomic E-state index is -0.480. The number of ether oxygens (including phenoxy) is 2. The number of carbonyl (C=O) groups is 1. The van der Waals surface area contributed by atoms with E-state index in [0.717, 1.165) is 0 Å².